The zero-order chi connectivity index (χ0) is 15.2. The quantitative estimate of drug-likeness (QED) is 0.710. The topological polar surface area (TPSA) is 91.8 Å². The number of carboxylic acid groups (broad SMARTS) is 1. The van der Waals surface area contributed by atoms with E-state index in [9.17, 15) is 18.0 Å². The predicted molar refractivity (Wildman–Crippen MR) is 75.2 cm³/mol. The number of rotatable bonds is 7. The van der Waals surface area contributed by atoms with Crippen LogP contribution < -0.4 is 0 Å². The van der Waals surface area contributed by atoms with E-state index in [0.717, 1.165) is 25.7 Å². The summed E-state index contributed by atoms with van der Waals surface area (Å²) in [6.07, 6.45) is 3.96. The average Bonchev–Trinajstić information content (AvgIpc) is 2.32. The maximum atomic E-state index is 12.1. The molecule has 1 fully saturated rings. The van der Waals surface area contributed by atoms with Crippen molar-refractivity contribution in [1.82, 2.24) is 4.90 Å². The van der Waals surface area contributed by atoms with Crippen LogP contribution in [0.15, 0.2) is 0 Å². The fourth-order valence-electron chi connectivity index (χ4n) is 2.43. The SMILES string of the molecule is CCCCCCC(=O)N1CCS(=O)(=O)CC1CC(=O)O. The first-order chi connectivity index (χ1) is 9.35. The molecule has 1 atom stereocenters. The Morgan fingerprint density at radius 3 is 2.55 bits per heavy atom. The highest BCUT2D eigenvalue weighted by Crippen LogP contribution is 2.17. The molecule has 1 heterocycles. The lowest BCUT2D eigenvalue weighted by Gasteiger charge is -2.34. The second-order valence-corrected chi connectivity index (χ2v) is 7.49. The van der Waals surface area contributed by atoms with Gasteiger partial charge in [-0.2, -0.15) is 0 Å². The van der Waals surface area contributed by atoms with Crippen molar-refractivity contribution in [3.63, 3.8) is 0 Å². The Hall–Kier alpha value is -1.11. The van der Waals surface area contributed by atoms with Crippen LogP contribution in [0.2, 0.25) is 0 Å². The molecule has 0 aromatic heterocycles. The highest BCUT2D eigenvalue weighted by Gasteiger charge is 2.34. The van der Waals surface area contributed by atoms with Crippen LogP contribution in [0.3, 0.4) is 0 Å². The Labute approximate surface area is 120 Å². The molecule has 1 aliphatic heterocycles. The lowest BCUT2D eigenvalue weighted by atomic mass is 10.1. The van der Waals surface area contributed by atoms with Gasteiger partial charge in [-0.05, 0) is 6.42 Å². The zero-order valence-electron chi connectivity index (χ0n) is 11.9. The summed E-state index contributed by atoms with van der Waals surface area (Å²) in [5.41, 5.74) is 0. The van der Waals surface area contributed by atoms with Crippen LogP contribution in [0, 0.1) is 0 Å². The van der Waals surface area contributed by atoms with Gasteiger partial charge in [0.25, 0.3) is 0 Å². The van der Waals surface area contributed by atoms with E-state index in [1.54, 1.807) is 0 Å². The van der Waals surface area contributed by atoms with Crippen molar-refractivity contribution >= 4 is 21.7 Å². The normalized spacial score (nSPS) is 21.6. The van der Waals surface area contributed by atoms with Gasteiger partial charge >= 0.3 is 5.97 Å². The molecular formula is C13H23NO5S. The van der Waals surface area contributed by atoms with E-state index in [-0.39, 0.29) is 30.4 Å². The van der Waals surface area contributed by atoms with E-state index in [2.05, 4.69) is 6.92 Å². The van der Waals surface area contributed by atoms with E-state index in [0.29, 0.717) is 6.42 Å². The number of sulfone groups is 1. The monoisotopic (exact) mass is 305 g/mol. The third kappa shape index (κ3) is 5.48. The highest BCUT2D eigenvalue weighted by atomic mass is 32.2. The molecule has 0 bridgehead atoms. The molecule has 0 spiro atoms. The summed E-state index contributed by atoms with van der Waals surface area (Å²) in [5.74, 6) is -1.50. The molecule has 0 aromatic rings. The third-order valence-corrected chi connectivity index (χ3v) is 5.20. The van der Waals surface area contributed by atoms with Gasteiger partial charge < -0.3 is 10.0 Å². The summed E-state index contributed by atoms with van der Waals surface area (Å²) < 4.78 is 23.2. The molecule has 1 aliphatic rings. The van der Waals surface area contributed by atoms with Crippen molar-refractivity contribution in [3.05, 3.63) is 0 Å². The van der Waals surface area contributed by atoms with Crippen molar-refractivity contribution in [1.29, 1.82) is 0 Å². The maximum Gasteiger partial charge on any atom is 0.305 e. The maximum absolute atomic E-state index is 12.1. The molecule has 0 radical (unpaired) electrons. The first-order valence-electron chi connectivity index (χ1n) is 7.07. The summed E-state index contributed by atoms with van der Waals surface area (Å²) in [7, 11) is -3.23. The Kier molecular flexibility index (Phi) is 6.45. The molecule has 1 rings (SSSR count). The number of hydrogen-bond acceptors (Lipinski definition) is 4. The number of carbonyl (C=O) groups is 2. The van der Waals surface area contributed by atoms with Gasteiger partial charge in [0, 0.05) is 13.0 Å². The number of hydrogen-bond donors (Lipinski definition) is 1. The zero-order valence-corrected chi connectivity index (χ0v) is 12.7. The molecule has 1 amide bonds. The van der Waals surface area contributed by atoms with E-state index >= 15 is 0 Å². The van der Waals surface area contributed by atoms with Crippen LogP contribution in [0.5, 0.6) is 0 Å². The molecule has 6 nitrogen and oxygen atoms in total. The first kappa shape index (κ1) is 16.9. The lowest BCUT2D eigenvalue weighted by Crippen LogP contribution is -2.51. The fourth-order valence-corrected chi connectivity index (χ4v) is 3.96. The molecule has 7 heteroatoms. The van der Waals surface area contributed by atoms with E-state index in [1.165, 1.54) is 4.90 Å². The van der Waals surface area contributed by atoms with Crippen molar-refractivity contribution in [2.45, 2.75) is 51.5 Å². The number of aliphatic carboxylic acids is 1. The van der Waals surface area contributed by atoms with Crippen molar-refractivity contribution in [2.24, 2.45) is 0 Å². The average molecular weight is 305 g/mol. The fraction of sp³-hybridized carbons (Fsp3) is 0.846. The van der Waals surface area contributed by atoms with E-state index in [1.807, 2.05) is 0 Å². The molecule has 20 heavy (non-hydrogen) atoms. The van der Waals surface area contributed by atoms with Crippen LogP contribution in [-0.2, 0) is 19.4 Å². The minimum atomic E-state index is -3.23. The Morgan fingerprint density at radius 2 is 1.95 bits per heavy atom. The van der Waals surface area contributed by atoms with Crippen molar-refractivity contribution in [3.8, 4) is 0 Å². The standard InChI is InChI=1S/C13H23NO5S/c1-2-3-4-5-6-12(15)14-7-8-20(18,19)10-11(14)9-13(16)17/h11H,2-10H2,1H3,(H,16,17). The number of carbonyl (C=O) groups excluding carboxylic acids is 1. The number of amides is 1. The third-order valence-electron chi connectivity index (χ3n) is 3.51. The summed E-state index contributed by atoms with van der Waals surface area (Å²) in [5, 5.41) is 8.85. The molecular weight excluding hydrogens is 282 g/mol. The van der Waals surface area contributed by atoms with Gasteiger partial charge in [-0.25, -0.2) is 8.42 Å². The van der Waals surface area contributed by atoms with Gasteiger partial charge in [0.1, 0.15) is 0 Å². The summed E-state index contributed by atoms with van der Waals surface area (Å²) in [4.78, 5) is 24.4. The molecule has 116 valence electrons. The Bertz CT molecular complexity index is 446. The second-order valence-electron chi connectivity index (χ2n) is 5.26. The van der Waals surface area contributed by atoms with E-state index in [4.69, 9.17) is 5.11 Å². The van der Waals surface area contributed by atoms with Gasteiger partial charge in [-0.1, -0.05) is 26.2 Å². The van der Waals surface area contributed by atoms with Crippen LogP contribution in [-0.4, -0.2) is 54.4 Å². The minimum Gasteiger partial charge on any atom is -0.481 e. The van der Waals surface area contributed by atoms with E-state index < -0.39 is 21.8 Å². The largest absolute Gasteiger partial charge is 0.481 e. The summed E-state index contributed by atoms with van der Waals surface area (Å²) in [6.45, 7) is 2.20. The van der Waals surface area contributed by atoms with Gasteiger partial charge in [-0.15, -0.1) is 0 Å². The molecule has 1 unspecified atom stereocenters. The molecule has 0 saturated carbocycles. The summed E-state index contributed by atoms with van der Waals surface area (Å²) >= 11 is 0. The number of unbranched alkanes of at least 4 members (excludes halogenated alkanes) is 3. The van der Waals surface area contributed by atoms with Gasteiger partial charge in [-0.3, -0.25) is 9.59 Å². The summed E-state index contributed by atoms with van der Waals surface area (Å²) in [6, 6.07) is -0.718. The lowest BCUT2D eigenvalue weighted by molar-refractivity contribution is -0.140. The van der Waals surface area contributed by atoms with Crippen molar-refractivity contribution < 1.29 is 23.1 Å². The van der Waals surface area contributed by atoms with Crippen LogP contribution in [0.4, 0.5) is 0 Å². The molecule has 0 aliphatic carbocycles. The minimum absolute atomic E-state index is 0.0657. The van der Waals surface area contributed by atoms with Gasteiger partial charge in [0.2, 0.25) is 5.91 Å². The van der Waals surface area contributed by atoms with Crippen LogP contribution >= 0.6 is 0 Å². The Balaban J connectivity index is 2.60. The van der Waals surface area contributed by atoms with Gasteiger partial charge in [0.05, 0.1) is 24.0 Å². The van der Waals surface area contributed by atoms with Crippen LogP contribution in [0.25, 0.3) is 0 Å². The van der Waals surface area contributed by atoms with Crippen molar-refractivity contribution in [2.75, 3.05) is 18.1 Å². The molecule has 1 saturated heterocycles. The van der Waals surface area contributed by atoms with Gasteiger partial charge in [0.15, 0.2) is 9.84 Å². The first-order valence-corrected chi connectivity index (χ1v) is 8.89. The molecule has 1 N–H and O–H groups in total. The van der Waals surface area contributed by atoms with Crippen LogP contribution in [0.1, 0.15) is 45.4 Å². The number of carboxylic acids is 1. The Morgan fingerprint density at radius 1 is 1.25 bits per heavy atom. The smallest absolute Gasteiger partial charge is 0.305 e. The predicted octanol–water partition coefficient (Wildman–Crippen LogP) is 1.06. The highest BCUT2D eigenvalue weighted by molar-refractivity contribution is 7.91. The second kappa shape index (κ2) is 7.61. The number of nitrogens with zero attached hydrogens (tertiary/aromatic N) is 1. The molecule has 0 aromatic carbocycles.